The van der Waals surface area contributed by atoms with Crippen LogP contribution in [0.5, 0.6) is 5.75 Å². The fraction of sp³-hybridized carbons (Fsp3) is 0.333. The lowest BCUT2D eigenvalue weighted by Crippen LogP contribution is -2.32. The Morgan fingerprint density at radius 2 is 2.19 bits per heavy atom. The Kier molecular flexibility index (Phi) is 4.21. The van der Waals surface area contributed by atoms with Crippen molar-refractivity contribution in [1.29, 1.82) is 0 Å². The van der Waals surface area contributed by atoms with Crippen molar-refractivity contribution < 1.29 is 14.2 Å². The maximum absolute atomic E-state index is 13.8. The molecular weight excluding hydrogens is 337 g/mol. The molecule has 0 saturated heterocycles. The van der Waals surface area contributed by atoms with E-state index in [1.165, 1.54) is 12.1 Å². The van der Waals surface area contributed by atoms with Crippen molar-refractivity contribution in [2.24, 2.45) is 0 Å². The molecule has 1 unspecified atom stereocenters. The van der Waals surface area contributed by atoms with Crippen molar-refractivity contribution in [3.63, 3.8) is 0 Å². The molecule has 1 aliphatic heterocycles. The van der Waals surface area contributed by atoms with Crippen molar-refractivity contribution >= 4 is 11.5 Å². The Bertz CT molecular complexity index is 944. The summed E-state index contributed by atoms with van der Waals surface area (Å²) in [6.07, 6.45) is 2.25. The highest BCUT2D eigenvalue weighted by molar-refractivity contribution is 5.53. The van der Waals surface area contributed by atoms with Crippen LogP contribution in [0.25, 0.3) is 5.65 Å². The van der Waals surface area contributed by atoms with E-state index >= 15 is 0 Å². The van der Waals surface area contributed by atoms with E-state index in [4.69, 9.17) is 4.74 Å². The molecule has 1 aromatic carbocycles. The first kappa shape index (κ1) is 16.7. The number of fused-ring (bicyclic) bond motifs is 2. The SMILES string of the molecule is C[C@@H]1CNC(O)c2cnn3ccc(nc23)N(C)Cc2cc(F)ccc2O1. The van der Waals surface area contributed by atoms with Crippen molar-refractivity contribution in [2.75, 3.05) is 18.5 Å². The summed E-state index contributed by atoms with van der Waals surface area (Å²) in [5.74, 6) is 0.993. The zero-order valence-corrected chi connectivity index (χ0v) is 14.6. The third kappa shape index (κ3) is 3.09. The first-order chi connectivity index (χ1) is 12.5. The molecule has 2 aromatic heterocycles. The molecule has 0 spiro atoms. The average molecular weight is 357 g/mol. The number of ether oxygens (including phenoxy) is 1. The number of rotatable bonds is 0. The van der Waals surface area contributed by atoms with Crippen molar-refractivity contribution in [1.82, 2.24) is 19.9 Å². The molecule has 2 N–H and O–H groups in total. The molecule has 1 aliphatic rings. The number of nitrogens with zero attached hydrogens (tertiary/aromatic N) is 4. The Balaban J connectivity index is 1.81. The van der Waals surface area contributed by atoms with E-state index in [1.807, 2.05) is 24.9 Å². The van der Waals surface area contributed by atoms with Gasteiger partial charge in [0.25, 0.3) is 0 Å². The molecule has 7 nitrogen and oxygen atoms in total. The average Bonchev–Trinajstić information content (AvgIpc) is 3.04. The Morgan fingerprint density at radius 3 is 3.04 bits per heavy atom. The van der Waals surface area contributed by atoms with E-state index in [0.29, 0.717) is 35.9 Å². The fourth-order valence-corrected chi connectivity index (χ4v) is 3.05. The fourth-order valence-electron chi connectivity index (χ4n) is 3.05. The summed E-state index contributed by atoms with van der Waals surface area (Å²) >= 11 is 0. The summed E-state index contributed by atoms with van der Waals surface area (Å²) in [6, 6.07) is 6.32. The van der Waals surface area contributed by atoms with Gasteiger partial charge >= 0.3 is 0 Å². The topological polar surface area (TPSA) is 74.9 Å². The minimum absolute atomic E-state index is 0.220. The number of aliphatic hydroxyl groups excluding tert-OH is 1. The Hall–Kier alpha value is -2.71. The van der Waals surface area contributed by atoms with Crippen molar-refractivity contribution in [3.05, 3.63) is 53.6 Å². The van der Waals surface area contributed by atoms with Gasteiger partial charge in [0, 0.05) is 31.9 Å². The standard InChI is InChI=1S/C18H20FN5O2/c1-11-8-20-18(25)14-9-21-24-6-5-16(22-17(14)24)23(2)10-12-7-13(19)3-4-15(12)26-11/h3-7,9,11,18,20,25H,8,10H2,1-2H3/t11-,18?/m1/s1. The molecule has 8 heteroatoms. The second-order valence-corrected chi connectivity index (χ2v) is 6.50. The van der Waals surface area contributed by atoms with Crippen molar-refractivity contribution in [3.8, 4) is 5.75 Å². The Labute approximate surface area is 150 Å². The van der Waals surface area contributed by atoms with E-state index in [-0.39, 0.29) is 11.9 Å². The number of aromatic nitrogens is 3. The molecule has 4 rings (SSSR count). The van der Waals surface area contributed by atoms with Gasteiger partial charge in [0.15, 0.2) is 5.65 Å². The van der Waals surface area contributed by atoms with Gasteiger partial charge in [-0.3, -0.25) is 5.32 Å². The number of nitrogens with one attached hydrogen (secondary N) is 1. The quantitative estimate of drug-likeness (QED) is 0.640. The summed E-state index contributed by atoms with van der Waals surface area (Å²) in [4.78, 5) is 6.52. The smallest absolute Gasteiger partial charge is 0.164 e. The lowest BCUT2D eigenvalue weighted by atomic mass is 10.1. The number of hydrogen-bond donors (Lipinski definition) is 2. The summed E-state index contributed by atoms with van der Waals surface area (Å²) in [5.41, 5.74) is 1.89. The zero-order chi connectivity index (χ0) is 18.3. The van der Waals surface area contributed by atoms with Crippen LogP contribution < -0.4 is 15.0 Å². The maximum Gasteiger partial charge on any atom is 0.164 e. The monoisotopic (exact) mass is 357 g/mol. The number of anilines is 1. The van der Waals surface area contributed by atoms with Crippen LogP contribution in [-0.2, 0) is 6.54 Å². The molecule has 26 heavy (non-hydrogen) atoms. The molecular formula is C18H20FN5O2. The molecule has 136 valence electrons. The van der Waals surface area contributed by atoms with Gasteiger partial charge in [-0.1, -0.05) is 0 Å². The van der Waals surface area contributed by atoms with Crippen LogP contribution in [0.1, 0.15) is 24.3 Å². The highest BCUT2D eigenvalue weighted by atomic mass is 19.1. The van der Waals surface area contributed by atoms with Crippen LogP contribution in [0, 0.1) is 5.82 Å². The number of aliphatic hydroxyl groups is 1. The molecule has 3 heterocycles. The largest absolute Gasteiger partial charge is 0.489 e. The van der Waals surface area contributed by atoms with Crippen LogP contribution >= 0.6 is 0 Å². The van der Waals surface area contributed by atoms with Gasteiger partial charge in [0.1, 0.15) is 29.7 Å². The van der Waals surface area contributed by atoms with Gasteiger partial charge in [-0.15, -0.1) is 0 Å². The molecule has 2 atom stereocenters. The predicted octanol–water partition coefficient (Wildman–Crippen LogP) is 1.87. The van der Waals surface area contributed by atoms with E-state index in [2.05, 4.69) is 15.4 Å². The van der Waals surface area contributed by atoms with E-state index in [1.54, 1.807) is 23.0 Å². The van der Waals surface area contributed by atoms with Gasteiger partial charge < -0.3 is 14.7 Å². The molecule has 2 bridgehead atoms. The second-order valence-electron chi connectivity index (χ2n) is 6.50. The molecule has 0 amide bonds. The summed E-state index contributed by atoms with van der Waals surface area (Å²) in [5, 5.41) is 17.7. The first-order valence-electron chi connectivity index (χ1n) is 8.43. The van der Waals surface area contributed by atoms with Gasteiger partial charge in [0.2, 0.25) is 0 Å². The normalized spacial score (nSPS) is 20.8. The van der Waals surface area contributed by atoms with E-state index < -0.39 is 6.23 Å². The van der Waals surface area contributed by atoms with Crippen LogP contribution in [-0.4, -0.2) is 39.4 Å². The van der Waals surface area contributed by atoms with Gasteiger partial charge in [-0.2, -0.15) is 5.10 Å². The minimum atomic E-state index is -0.917. The summed E-state index contributed by atoms with van der Waals surface area (Å²) in [6.45, 7) is 2.73. The number of hydrogen-bond acceptors (Lipinski definition) is 6. The lowest BCUT2D eigenvalue weighted by Gasteiger charge is -2.22. The van der Waals surface area contributed by atoms with Gasteiger partial charge in [-0.25, -0.2) is 13.9 Å². The van der Waals surface area contributed by atoms with Crippen LogP contribution in [0.4, 0.5) is 10.2 Å². The predicted molar refractivity (Wildman–Crippen MR) is 94.5 cm³/mol. The van der Waals surface area contributed by atoms with E-state index in [9.17, 15) is 9.50 Å². The van der Waals surface area contributed by atoms with Gasteiger partial charge in [0.05, 0.1) is 11.8 Å². The highest BCUT2D eigenvalue weighted by Crippen LogP contribution is 2.26. The second kappa shape index (κ2) is 6.54. The van der Waals surface area contributed by atoms with Crippen LogP contribution in [0.3, 0.4) is 0 Å². The third-order valence-electron chi connectivity index (χ3n) is 4.42. The summed E-state index contributed by atoms with van der Waals surface area (Å²) in [7, 11) is 1.88. The van der Waals surface area contributed by atoms with Crippen LogP contribution in [0.2, 0.25) is 0 Å². The van der Waals surface area contributed by atoms with Crippen LogP contribution in [0.15, 0.2) is 36.7 Å². The number of halogens is 1. The highest BCUT2D eigenvalue weighted by Gasteiger charge is 2.19. The maximum atomic E-state index is 13.8. The lowest BCUT2D eigenvalue weighted by molar-refractivity contribution is 0.117. The van der Waals surface area contributed by atoms with E-state index in [0.717, 1.165) is 5.56 Å². The van der Waals surface area contributed by atoms with Crippen molar-refractivity contribution in [2.45, 2.75) is 25.8 Å². The molecule has 0 saturated carbocycles. The number of benzene rings is 1. The molecule has 0 aliphatic carbocycles. The van der Waals surface area contributed by atoms with Gasteiger partial charge in [-0.05, 0) is 31.2 Å². The molecule has 0 radical (unpaired) electrons. The minimum Gasteiger partial charge on any atom is -0.489 e. The third-order valence-corrected chi connectivity index (χ3v) is 4.42. The Morgan fingerprint density at radius 1 is 1.35 bits per heavy atom. The zero-order valence-electron chi connectivity index (χ0n) is 14.6. The molecule has 0 fully saturated rings. The molecule has 3 aromatic rings. The summed E-state index contributed by atoms with van der Waals surface area (Å²) < 4.78 is 21.3. The first-order valence-corrected chi connectivity index (χ1v) is 8.43.